The van der Waals surface area contributed by atoms with Gasteiger partial charge in [0, 0.05) is 22.6 Å². The minimum Gasteiger partial charge on any atom is -0.443 e. The summed E-state index contributed by atoms with van der Waals surface area (Å²) in [7, 11) is 0. The van der Waals surface area contributed by atoms with Crippen molar-refractivity contribution in [2.24, 2.45) is 0 Å². The zero-order chi connectivity index (χ0) is 24.6. The van der Waals surface area contributed by atoms with E-state index in [4.69, 9.17) is 4.74 Å². The highest BCUT2D eigenvalue weighted by Gasteiger charge is 2.33. The Morgan fingerprint density at radius 2 is 1.91 bits per heavy atom. The lowest BCUT2D eigenvalue weighted by Gasteiger charge is -2.25. The summed E-state index contributed by atoms with van der Waals surface area (Å²) in [5.74, 6) is -0.185. The maximum atomic E-state index is 13.7. The van der Waals surface area contributed by atoms with Gasteiger partial charge in [0.1, 0.15) is 11.4 Å². The molecule has 2 aromatic carbocycles. The van der Waals surface area contributed by atoms with Crippen LogP contribution >= 0.6 is 15.9 Å². The maximum Gasteiger partial charge on any atom is 0.419 e. The standard InChI is InChI=1S/C25H25BrF2N2O4/c1-25(2,3)34-24(32)30-14-19(18-10-9-16(26)13-21(18)30)22(31)29-11-5-8-20(29)15-6-4-7-17(12-15)33-23(27)28/h4,6-7,9-10,12-14,20,23H,5,8,11H2,1-3H3/t20-/m1/s1. The second kappa shape index (κ2) is 9.37. The van der Waals surface area contributed by atoms with Crippen LogP contribution in [-0.4, -0.2) is 40.2 Å². The first-order valence-corrected chi connectivity index (χ1v) is 11.7. The third-order valence-electron chi connectivity index (χ3n) is 5.57. The largest absolute Gasteiger partial charge is 0.443 e. The molecule has 1 aliphatic rings. The van der Waals surface area contributed by atoms with E-state index in [1.165, 1.54) is 16.8 Å². The molecule has 2 heterocycles. The number of hydrogen-bond donors (Lipinski definition) is 0. The quantitative estimate of drug-likeness (QED) is 0.370. The van der Waals surface area contributed by atoms with Gasteiger partial charge in [0.25, 0.3) is 5.91 Å². The summed E-state index contributed by atoms with van der Waals surface area (Å²) in [5, 5.41) is 0.625. The average Bonchev–Trinajstić information content (AvgIpc) is 3.37. The molecule has 1 aromatic heterocycles. The molecule has 3 aromatic rings. The van der Waals surface area contributed by atoms with E-state index in [1.54, 1.807) is 56.0 Å². The summed E-state index contributed by atoms with van der Waals surface area (Å²) in [6, 6.07) is 11.5. The second-order valence-electron chi connectivity index (χ2n) is 9.16. The molecule has 6 nitrogen and oxygen atoms in total. The van der Waals surface area contributed by atoms with Crippen molar-refractivity contribution in [1.29, 1.82) is 0 Å². The Kier molecular flexibility index (Phi) is 6.66. The zero-order valence-electron chi connectivity index (χ0n) is 19.1. The maximum absolute atomic E-state index is 13.7. The molecular formula is C25H25BrF2N2O4. The van der Waals surface area contributed by atoms with Crippen molar-refractivity contribution in [2.45, 2.75) is 51.9 Å². The molecular weight excluding hydrogens is 510 g/mol. The average molecular weight is 535 g/mol. The number of halogens is 3. The van der Waals surface area contributed by atoms with Crippen LogP contribution in [0, 0.1) is 0 Å². The van der Waals surface area contributed by atoms with Crippen molar-refractivity contribution in [3.05, 3.63) is 64.3 Å². The first kappa shape index (κ1) is 24.2. The number of alkyl halides is 2. The molecule has 180 valence electrons. The number of likely N-dealkylation sites (tertiary alicyclic amines) is 1. The fourth-order valence-electron chi connectivity index (χ4n) is 4.24. The van der Waals surface area contributed by atoms with Gasteiger partial charge in [-0.05, 0) is 63.4 Å². The molecule has 0 bridgehead atoms. The van der Waals surface area contributed by atoms with Crippen molar-refractivity contribution in [2.75, 3.05) is 6.54 Å². The third kappa shape index (κ3) is 5.09. The van der Waals surface area contributed by atoms with Gasteiger partial charge in [-0.1, -0.05) is 34.1 Å². The van der Waals surface area contributed by atoms with E-state index in [0.29, 0.717) is 29.4 Å². The van der Waals surface area contributed by atoms with Crippen LogP contribution in [0.4, 0.5) is 13.6 Å². The minimum absolute atomic E-state index is 0.0539. The highest BCUT2D eigenvalue weighted by molar-refractivity contribution is 9.10. The molecule has 1 fully saturated rings. The van der Waals surface area contributed by atoms with Crippen molar-refractivity contribution >= 4 is 38.8 Å². The molecule has 34 heavy (non-hydrogen) atoms. The van der Waals surface area contributed by atoms with Crippen LogP contribution in [0.3, 0.4) is 0 Å². The number of aromatic nitrogens is 1. The number of rotatable bonds is 4. The van der Waals surface area contributed by atoms with Crippen LogP contribution in [0.15, 0.2) is 53.1 Å². The van der Waals surface area contributed by atoms with Gasteiger partial charge < -0.3 is 14.4 Å². The minimum atomic E-state index is -2.92. The van der Waals surface area contributed by atoms with Crippen LogP contribution in [0.2, 0.25) is 0 Å². The molecule has 1 amide bonds. The van der Waals surface area contributed by atoms with E-state index in [-0.39, 0.29) is 17.7 Å². The molecule has 4 rings (SSSR count). The summed E-state index contributed by atoms with van der Waals surface area (Å²) in [4.78, 5) is 28.3. The number of hydrogen-bond acceptors (Lipinski definition) is 4. The van der Waals surface area contributed by atoms with E-state index in [2.05, 4.69) is 20.7 Å². The van der Waals surface area contributed by atoms with Gasteiger partial charge in [0.15, 0.2) is 0 Å². The first-order valence-electron chi connectivity index (χ1n) is 10.9. The van der Waals surface area contributed by atoms with Gasteiger partial charge in [-0.25, -0.2) is 4.79 Å². The van der Waals surface area contributed by atoms with Crippen LogP contribution in [-0.2, 0) is 4.74 Å². The Balaban J connectivity index is 1.70. The molecule has 1 atom stereocenters. The lowest BCUT2D eigenvalue weighted by molar-refractivity contribution is -0.0499. The molecule has 0 N–H and O–H groups in total. The molecule has 0 saturated carbocycles. The molecule has 9 heteroatoms. The number of fused-ring (bicyclic) bond motifs is 1. The number of benzene rings is 2. The predicted octanol–water partition coefficient (Wildman–Crippen LogP) is 6.77. The number of ether oxygens (including phenoxy) is 2. The summed E-state index contributed by atoms with van der Waals surface area (Å²) >= 11 is 3.43. The highest BCUT2D eigenvalue weighted by atomic mass is 79.9. The summed E-state index contributed by atoms with van der Waals surface area (Å²) in [5.41, 5.74) is 0.952. The lowest BCUT2D eigenvalue weighted by atomic mass is 10.0. The highest BCUT2D eigenvalue weighted by Crippen LogP contribution is 2.36. The van der Waals surface area contributed by atoms with E-state index in [9.17, 15) is 18.4 Å². The van der Waals surface area contributed by atoms with Crippen LogP contribution in [0.1, 0.15) is 55.6 Å². The SMILES string of the molecule is CC(C)(C)OC(=O)n1cc(C(=O)N2CCC[C@@H]2c2cccc(OC(F)F)c2)c2ccc(Br)cc21. The Bertz CT molecular complexity index is 1240. The van der Waals surface area contributed by atoms with Gasteiger partial charge in [-0.2, -0.15) is 8.78 Å². The van der Waals surface area contributed by atoms with Crippen molar-refractivity contribution in [1.82, 2.24) is 9.47 Å². The molecule has 1 saturated heterocycles. The van der Waals surface area contributed by atoms with Gasteiger partial charge in [0.05, 0.1) is 17.1 Å². The second-order valence-corrected chi connectivity index (χ2v) is 10.1. The summed E-state index contributed by atoms with van der Waals surface area (Å²) in [6.07, 6.45) is 2.40. The van der Waals surface area contributed by atoms with Crippen LogP contribution in [0.5, 0.6) is 5.75 Å². The van der Waals surface area contributed by atoms with E-state index in [0.717, 1.165) is 16.5 Å². The number of carbonyl (C=O) groups is 2. The Labute approximate surface area is 204 Å². The van der Waals surface area contributed by atoms with Crippen molar-refractivity contribution < 1.29 is 27.8 Å². The Hall–Kier alpha value is -2.94. The summed E-state index contributed by atoms with van der Waals surface area (Å²) in [6.45, 7) is 2.92. The van der Waals surface area contributed by atoms with Gasteiger partial charge in [-0.15, -0.1) is 0 Å². The number of carbonyl (C=O) groups excluding carboxylic acids is 2. The monoisotopic (exact) mass is 534 g/mol. The van der Waals surface area contributed by atoms with Gasteiger partial charge in [-0.3, -0.25) is 9.36 Å². The van der Waals surface area contributed by atoms with Gasteiger partial charge >= 0.3 is 12.7 Å². The fraction of sp³-hybridized carbons (Fsp3) is 0.360. The topological polar surface area (TPSA) is 60.8 Å². The fourth-order valence-corrected chi connectivity index (χ4v) is 4.59. The van der Waals surface area contributed by atoms with Gasteiger partial charge in [0.2, 0.25) is 0 Å². The Morgan fingerprint density at radius 1 is 1.15 bits per heavy atom. The molecule has 0 unspecified atom stereocenters. The van der Waals surface area contributed by atoms with E-state index < -0.39 is 18.3 Å². The molecule has 0 spiro atoms. The molecule has 0 aliphatic carbocycles. The molecule has 1 aliphatic heterocycles. The molecule has 0 radical (unpaired) electrons. The van der Waals surface area contributed by atoms with Crippen molar-refractivity contribution in [3.63, 3.8) is 0 Å². The third-order valence-corrected chi connectivity index (χ3v) is 6.06. The number of nitrogens with zero attached hydrogens (tertiary/aromatic N) is 2. The normalized spacial score (nSPS) is 16.3. The van der Waals surface area contributed by atoms with Crippen LogP contribution in [0.25, 0.3) is 10.9 Å². The summed E-state index contributed by atoms with van der Waals surface area (Å²) < 4.78 is 37.5. The first-order chi connectivity index (χ1) is 16.0. The van der Waals surface area contributed by atoms with Crippen LogP contribution < -0.4 is 4.74 Å². The van der Waals surface area contributed by atoms with Crippen molar-refractivity contribution in [3.8, 4) is 5.75 Å². The predicted molar refractivity (Wildman–Crippen MR) is 127 cm³/mol. The lowest BCUT2D eigenvalue weighted by Crippen LogP contribution is -2.30. The van der Waals surface area contributed by atoms with E-state index in [1.807, 2.05) is 6.07 Å². The van der Waals surface area contributed by atoms with E-state index >= 15 is 0 Å². The number of amides is 1. The Morgan fingerprint density at radius 3 is 2.62 bits per heavy atom. The smallest absolute Gasteiger partial charge is 0.419 e. The zero-order valence-corrected chi connectivity index (χ0v) is 20.6.